The van der Waals surface area contributed by atoms with Crippen LogP contribution in [0.4, 0.5) is 0 Å². The molecule has 1 aromatic rings. The van der Waals surface area contributed by atoms with Gasteiger partial charge in [0.2, 0.25) is 0 Å². The van der Waals surface area contributed by atoms with Crippen LogP contribution in [0.5, 0.6) is 0 Å². The fourth-order valence-electron chi connectivity index (χ4n) is 0.594. The van der Waals surface area contributed by atoms with Crippen LogP contribution in [0.3, 0.4) is 0 Å². The third-order valence-electron chi connectivity index (χ3n) is 0.928. The third kappa shape index (κ3) is 0.374. The maximum absolute atomic E-state index is 10.8. The second-order valence-electron chi connectivity index (χ2n) is 1.45. The van der Waals surface area contributed by atoms with Gasteiger partial charge in [0.15, 0.2) is 0 Å². The third-order valence-corrected chi connectivity index (χ3v) is 17.8. The average Bonchev–Trinajstić information content (AvgIpc) is 2.22. The lowest BCUT2D eigenvalue weighted by molar-refractivity contribution is 0.418. The van der Waals surface area contributed by atoms with Crippen molar-refractivity contribution in [2.24, 2.45) is 0 Å². The molecule has 8 heteroatoms. The highest BCUT2D eigenvalue weighted by Crippen LogP contribution is 3.02. The van der Waals surface area contributed by atoms with Gasteiger partial charge in [-0.2, -0.15) is 0 Å². The normalized spacial score (nSPS) is 46.8. The molecule has 0 saturated carbocycles. The van der Waals surface area contributed by atoms with Crippen LogP contribution in [-0.2, 0) is 4.57 Å². The molecule has 4 heterocycles. The molecule has 0 atom stereocenters. The van der Waals surface area contributed by atoms with Gasteiger partial charge in [0.25, 0.3) is 0 Å². The highest BCUT2D eigenvalue weighted by atomic mass is 32.7. The van der Waals surface area contributed by atoms with Crippen molar-refractivity contribution < 1.29 is 17.5 Å². The molecule has 3 aliphatic heterocycles. The molecule has 44 valence electrons. The van der Waals surface area contributed by atoms with Gasteiger partial charge in [0.1, 0.15) is 21.3 Å². The Morgan fingerprint density at radius 3 is 1.50 bits per heavy atom. The summed E-state index contributed by atoms with van der Waals surface area (Å²) in [5.74, 6) is 0. The summed E-state index contributed by atoms with van der Waals surface area (Å²) in [5, 5.41) is 0. The second kappa shape index (κ2) is 1.09. The monoisotopic (exact) mass is 188 g/mol. The smallest absolute Gasteiger partial charge is 0.226 e. The Hall–Kier alpha value is 1.01. The van der Waals surface area contributed by atoms with E-state index in [-0.39, 0.29) is 0 Å². The lowest BCUT2D eigenvalue weighted by Crippen LogP contribution is -1.87. The van der Waals surface area contributed by atoms with Crippen molar-refractivity contribution in [1.29, 1.82) is 0 Å². The summed E-state index contributed by atoms with van der Waals surface area (Å²) in [6, 6.07) is 0. The van der Waals surface area contributed by atoms with Gasteiger partial charge in [-0.15, -0.1) is 0 Å². The van der Waals surface area contributed by atoms with E-state index in [0.717, 1.165) is 0 Å². The summed E-state index contributed by atoms with van der Waals surface area (Å²) in [5.41, 5.74) is 0. The molecule has 8 heavy (non-hydrogen) atoms. The minimum absolute atomic E-state index is 0.412. The number of hydrogen-bond acceptors (Lipinski definition) is 4. The van der Waals surface area contributed by atoms with Crippen LogP contribution in [0.25, 0.3) is 0 Å². The van der Waals surface area contributed by atoms with Crippen LogP contribution < -0.4 is 12.9 Å². The first-order chi connectivity index (χ1) is 3.79. The molecular formula is O4P4. The molecule has 1 aromatic heterocycles. The zero-order chi connectivity index (χ0) is 5.35. The minimum Gasteiger partial charge on any atom is -0.226 e. The zero-order valence-electron chi connectivity index (χ0n) is 3.42. The molecule has 0 fully saturated rings. The van der Waals surface area contributed by atoms with Crippen molar-refractivity contribution in [3.05, 3.63) is 0 Å². The molecule has 3 aliphatic rings. The molecule has 4 nitrogen and oxygen atoms in total. The van der Waals surface area contributed by atoms with E-state index < -0.39 is 29.2 Å². The molecule has 4 bridgehead atoms. The minimum atomic E-state index is -2.85. The predicted molar refractivity (Wildman–Crippen MR) is 31.9 cm³/mol. The highest BCUT2D eigenvalue weighted by molar-refractivity contribution is 8.73. The fourth-order valence-corrected chi connectivity index (χ4v) is 24.0. The van der Waals surface area contributed by atoms with Gasteiger partial charge in [-0.1, -0.05) is 0 Å². The Balaban J connectivity index is 2.42. The SMILES string of the molecule is O=P12Op3p(p3O1)O2. The van der Waals surface area contributed by atoms with Crippen LogP contribution >= 0.6 is 29.2 Å². The van der Waals surface area contributed by atoms with Crippen molar-refractivity contribution in [2.45, 2.75) is 0 Å². The summed E-state index contributed by atoms with van der Waals surface area (Å²) in [6.07, 6.45) is 0. The van der Waals surface area contributed by atoms with E-state index in [1.165, 1.54) is 0 Å². The first-order valence-electron chi connectivity index (χ1n) is 1.88. The van der Waals surface area contributed by atoms with Crippen molar-refractivity contribution in [3.63, 3.8) is 0 Å². The maximum Gasteiger partial charge on any atom is 0.500 e. The molecule has 0 saturated heterocycles. The fraction of sp³-hybridized carbons (Fsp3) is 0. The van der Waals surface area contributed by atoms with Crippen LogP contribution in [-0.4, -0.2) is 0 Å². The molecule has 0 radical (unpaired) electrons. The van der Waals surface area contributed by atoms with Gasteiger partial charge in [0, 0.05) is 0 Å². The van der Waals surface area contributed by atoms with Gasteiger partial charge in [0.05, 0.1) is 0 Å². The van der Waals surface area contributed by atoms with E-state index in [2.05, 4.69) is 0 Å². The van der Waals surface area contributed by atoms with Gasteiger partial charge in [-0.05, 0) is 0 Å². The molecule has 0 N–H and O–H groups in total. The van der Waals surface area contributed by atoms with Crippen LogP contribution in [0, 0.1) is 0 Å². The van der Waals surface area contributed by atoms with E-state index in [1.54, 1.807) is 0 Å². The lowest BCUT2D eigenvalue weighted by atomic mass is 15.7. The Kier molecular flexibility index (Phi) is 0.649. The first kappa shape index (κ1) is 4.77. The van der Waals surface area contributed by atoms with E-state index >= 15 is 0 Å². The Morgan fingerprint density at radius 1 is 1.00 bits per heavy atom. The first-order valence-corrected chi connectivity index (χ1v) is 9.23. The standard InChI is InChI=1S/O4P4/c1-8-2-5-6(3-8)7(5)4-8. The van der Waals surface area contributed by atoms with Crippen molar-refractivity contribution in [2.75, 3.05) is 0 Å². The Morgan fingerprint density at radius 2 is 1.38 bits per heavy atom. The van der Waals surface area contributed by atoms with Crippen LogP contribution in [0.1, 0.15) is 0 Å². The molecule has 0 amide bonds. The van der Waals surface area contributed by atoms with Gasteiger partial charge in [-0.3, -0.25) is 0 Å². The predicted octanol–water partition coefficient (Wildman–Crippen LogP) is 2.07. The van der Waals surface area contributed by atoms with E-state index in [4.69, 9.17) is 12.9 Å². The van der Waals surface area contributed by atoms with Crippen LogP contribution in [0.15, 0.2) is 0 Å². The van der Waals surface area contributed by atoms with Crippen LogP contribution in [0.2, 0.25) is 0 Å². The van der Waals surface area contributed by atoms with Crippen molar-refractivity contribution in [3.8, 4) is 0 Å². The van der Waals surface area contributed by atoms with Gasteiger partial charge >= 0.3 is 7.82 Å². The second-order valence-corrected chi connectivity index (χ2v) is 15.2. The molecule has 4 rings (SSSR count). The molecule has 0 spiro atoms. The summed E-state index contributed by atoms with van der Waals surface area (Å²) < 4.78 is 25.6. The largest absolute Gasteiger partial charge is 0.500 e. The van der Waals surface area contributed by atoms with Gasteiger partial charge < -0.3 is 0 Å². The van der Waals surface area contributed by atoms with E-state index in [1.807, 2.05) is 0 Å². The molecule has 0 unspecified atom stereocenters. The summed E-state index contributed by atoms with van der Waals surface area (Å²) >= 11 is 0. The lowest BCUT2D eigenvalue weighted by Gasteiger charge is -1.91. The Labute approximate surface area is 47.5 Å². The number of rotatable bonds is 0. The van der Waals surface area contributed by atoms with Gasteiger partial charge in [-0.25, -0.2) is 17.5 Å². The highest BCUT2D eigenvalue weighted by Gasteiger charge is 2.58. The maximum atomic E-state index is 10.8. The van der Waals surface area contributed by atoms with E-state index in [0.29, 0.717) is 0 Å². The average molecular weight is 188 g/mol. The number of hydrogen-bond donors (Lipinski definition) is 0. The molecule has 0 aliphatic carbocycles. The summed E-state index contributed by atoms with van der Waals surface area (Å²) in [6.45, 7) is 0. The number of phosphoric acid groups is 1. The Bertz CT molecular complexity index is 228. The molecule has 0 aromatic carbocycles. The topological polar surface area (TPSA) is 44.8 Å². The quantitative estimate of drug-likeness (QED) is 0.584. The zero-order valence-corrected chi connectivity index (χ0v) is 7.00. The van der Waals surface area contributed by atoms with Crippen molar-refractivity contribution in [1.82, 2.24) is 0 Å². The summed E-state index contributed by atoms with van der Waals surface area (Å²) in [7, 11) is -4.09. The summed E-state index contributed by atoms with van der Waals surface area (Å²) in [4.78, 5) is 0. The van der Waals surface area contributed by atoms with Crippen molar-refractivity contribution >= 4 is 29.2 Å². The van der Waals surface area contributed by atoms with E-state index in [9.17, 15) is 4.57 Å². The molecular weight excluding hydrogens is 188 g/mol.